The summed E-state index contributed by atoms with van der Waals surface area (Å²) in [6.07, 6.45) is 0. The second kappa shape index (κ2) is 3.00. The van der Waals surface area contributed by atoms with E-state index in [4.69, 9.17) is 11.5 Å². The summed E-state index contributed by atoms with van der Waals surface area (Å²) >= 11 is 0. The molecule has 0 rings (SSSR count). The first-order chi connectivity index (χ1) is 5.07. The Morgan fingerprint density at radius 3 is 0.917 bits per heavy atom. The topological polar surface area (TPSA) is 52.0 Å². The standard InChI is InChI=1S/C10H22N2/c1-9(2,3)7(11)8(12)10(4,5)6/h11-12H2,1-6H3/b8-7+. The van der Waals surface area contributed by atoms with Gasteiger partial charge in [-0.05, 0) is 0 Å². The van der Waals surface area contributed by atoms with Crippen LogP contribution in [0.4, 0.5) is 0 Å². The van der Waals surface area contributed by atoms with Crippen molar-refractivity contribution >= 4 is 0 Å². The van der Waals surface area contributed by atoms with Crippen LogP contribution >= 0.6 is 0 Å². The molecule has 4 N–H and O–H groups in total. The molecule has 0 aliphatic carbocycles. The van der Waals surface area contributed by atoms with Gasteiger partial charge >= 0.3 is 0 Å². The van der Waals surface area contributed by atoms with Crippen molar-refractivity contribution in [1.82, 2.24) is 0 Å². The van der Waals surface area contributed by atoms with E-state index in [1.807, 2.05) is 0 Å². The lowest BCUT2D eigenvalue weighted by Crippen LogP contribution is -2.29. The van der Waals surface area contributed by atoms with Gasteiger partial charge in [0.2, 0.25) is 0 Å². The Hall–Kier alpha value is -0.660. The van der Waals surface area contributed by atoms with E-state index < -0.39 is 0 Å². The SMILES string of the molecule is CC(C)(C)/C(N)=C(\N)C(C)(C)C. The van der Waals surface area contributed by atoms with E-state index in [2.05, 4.69) is 41.5 Å². The lowest BCUT2D eigenvalue weighted by Gasteiger charge is -2.28. The zero-order chi connectivity index (χ0) is 10.2. The van der Waals surface area contributed by atoms with Gasteiger partial charge in [-0.15, -0.1) is 0 Å². The lowest BCUT2D eigenvalue weighted by molar-refractivity contribution is 0.436. The van der Waals surface area contributed by atoms with Crippen molar-refractivity contribution in [2.24, 2.45) is 22.3 Å². The molecule has 12 heavy (non-hydrogen) atoms. The first-order valence-electron chi connectivity index (χ1n) is 4.33. The highest BCUT2D eigenvalue weighted by Crippen LogP contribution is 2.30. The third kappa shape index (κ3) is 2.76. The normalized spacial score (nSPS) is 15.8. The predicted molar refractivity (Wildman–Crippen MR) is 54.3 cm³/mol. The molecule has 0 spiro atoms. The third-order valence-corrected chi connectivity index (χ3v) is 1.91. The summed E-state index contributed by atoms with van der Waals surface area (Å²) < 4.78 is 0. The monoisotopic (exact) mass is 170 g/mol. The van der Waals surface area contributed by atoms with Crippen molar-refractivity contribution in [2.75, 3.05) is 0 Å². The molecule has 2 nitrogen and oxygen atoms in total. The Balaban J connectivity index is 4.96. The van der Waals surface area contributed by atoms with E-state index in [0.29, 0.717) is 0 Å². The molecule has 72 valence electrons. The van der Waals surface area contributed by atoms with Crippen molar-refractivity contribution < 1.29 is 0 Å². The number of rotatable bonds is 0. The van der Waals surface area contributed by atoms with E-state index in [9.17, 15) is 0 Å². The molecule has 0 aromatic heterocycles. The molecule has 0 aromatic carbocycles. The molecule has 0 aliphatic rings. The minimum absolute atomic E-state index is 0.0304. The van der Waals surface area contributed by atoms with Crippen molar-refractivity contribution in [1.29, 1.82) is 0 Å². The van der Waals surface area contributed by atoms with E-state index in [1.54, 1.807) is 0 Å². The Kier molecular flexibility index (Phi) is 2.83. The molecule has 0 unspecified atom stereocenters. The Morgan fingerprint density at radius 1 is 0.667 bits per heavy atom. The van der Waals surface area contributed by atoms with Gasteiger partial charge in [-0.1, -0.05) is 41.5 Å². The van der Waals surface area contributed by atoms with Gasteiger partial charge in [-0.3, -0.25) is 0 Å². The third-order valence-electron chi connectivity index (χ3n) is 1.91. The van der Waals surface area contributed by atoms with Crippen LogP contribution in [0.5, 0.6) is 0 Å². The summed E-state index contributed by atoms with van der Waals surface area (Å²) in [5, 5.41) is 0. The summed E-state index contributed by atoms with van der Waals surface area (Å²) in [6, 6.07) is 0. The van der Waals surface area contributed by atoms with E-state index in [0.717, 1.165) is 11.4 Å². The average Bonchev–Trinajstić information content (AvgIpc) is 1.80. The van der Waals surface area contributed by atoms with Gasteiger partial charge in [0, 0.05) is 22.2 Å². The minimum atomic E-state index is -0.0304. The van der Waals surface area contributed by atoms with Crippen LogP contribution in [-0.4, -0.2) is 0 Å². The molecular weight excluding hydrogens is 148 g/mol. The van der Waals surface area contributed by atoms with Crippen molar-refractivity contribution in [3.8, 4) is 0 Å². The summed E-state index contributed by atoms with van der Waals surface area (Å²) in [7, 11) is 0. The van der Waals surface area contributed by atoms with Gasteiger partial charge in [0.05, 0.1) is 0 Å². The summed E-state index contributed by atoms with van der Waals surface area (Å²) in [5.74, 6) is 0. The van der Waals surface area contributed by atoms with Gasteiger partial charge in [0.1, 0.15) is 0 Å². The molecule has 0 aliphatic heterocycles. The molecule has 0 atom stereocenters. The Morgan fingerprint density at radius 2 is 0.833 bits per heavy atom. The fraction of sp³-hybridized carbons (Fsp3) is 0.800. The van der Waals surface area contributed by atoms with Gasteiger partial charge in [0.15, 0.2) is 0 Å². The second-order valence-corrected chi connectivity index (χ2v) is 5.33. The van der Waals surface area contributed by atoms with Gasteiger partial charge in [-0.25, -0.2) is 0 Å². The molecule has 0 bridgehead atoms. The fourth-order valence-corrected chi connectivity index (χ4v) is 0.808. The zero-order valence-electron chi connectivity index (χ0n) is 9.15. The second-order valence-electron chi connectivity index (χ2n) is 5.33. The number of allylic oxidation sites excluding steroid dienone is 2. The highest BCUT2D eigenvalue weighted by molar-refractivity contribution is 5.18. The largest absolute Gasteiger partial charge is 0.400 e. The first-order valence-corrected chi connectivity index (χ1v) is 4.33. The van der Waals surface area contributed by atoms with Crippen molar-refractivity contribution in [2.45, 2.75) is 41.5 Å². The maximum atomic E-state index is 5.94. The molecule has 0 aromatic rings. The quantitative estimate of drug-likeness (QED) is 0.585. The minimum Gasteiger partial charge on any atom is -0.400 e. The molecule has 0 saturated heterocycles. The van der Waals surface area contributed by atoms with E-state index in [-0.39, 0.29) is 10.8 Å². The lowest BCUT2D eigenvalue weighted by atomic mass is 9.83. The van der Waals surface area contributed by atoms with Crippen LogP contribution in [0, 0.1) is 10.8 Å². The Bertz CT molecular complexity index is 167. The number of hydrogen-bond acceptors (Lipinski definition) is 2. The fourth-order valence-electron chi connectivity index (χ4n) is 0.808. The molecule has 0 radical (unpaired) electrons. The van der Waals surface area contributed by atoms with Crippen LogP contribution in [0.3, 0.4) is 0 Å². The Labute approximate surface area is 76.0 Å². The predicted octanol–water partition coefficient (Wildman–Crippen LogP) is 2.21. The van der Waals surface area contributed by atoms with Gasteiger partial charge in [0.25, 0.3) is 0 Å². The highest BCUT2D eigenvalue weighted by atomic mass is 14.7. The molecular formula is C10H22N2. The van der Waals surface area contributed by atoms with Gasteiger partial charge < -0.3 is 11.5 Å². The van der Waals surface area contributed by atoms with Crippen LogP contribution in [0.15, 0.2) is 11.4 Å². The molecule has 2 heteroatoms. The molecule has 0 saturated carbocycles. The van der Waals surface area contributed by atoms with Crippen LogP contribution in [-0.2, 0) is 0 Å². The summed E-state index contributed by atoms with van der Waals surface area (Å²) in [4.78, 5) is 0. The first kappa shape index (κ1) is 11.3. The van der Waals surface area contributed by atoms with E-state index in [1.165, 1.54) is 0 Å². The van der Waals surface area contributed by atoms with Gasteiger partial charge in [-0.2, -0.15) is 0 Å². The molecule has 0 fully saturated rings. The smallest absolute Gasteiger partial charge is 0.0331 e. The summed E-state index contributed by atoms with van der Waals surface area (Å²) in [5.41, 5.74) is 13.4. The number of hydrogen-bond donors (Lipinski definition) is 2. The zero-order valence-corrected chi connectivity index (χ0v) is 9.15. The highest BCUT2D eigenvalue weighted by Gasteiger charge is 2.23. The average molecular weight is 170 g/mol. The maximum absolute atomic E-state index is 5.94. The van der Waals surface area contributed by atoms with Crippen LogP contribution in [0.2, 0.25) is 0 Å². The summed E-state index contributed by atoms with van der Waals surface area (Å²) in [6.45, 7) is 12.4. The van der Waals surface area contributed by atoms with Crippen molar-refractivity contribution in [3.05, 3.63) is 11.4 Å². The van der Waals surface area contributed by atoms with Crippen LogP contribution in [0.1, 0.15) is 41.5 Å². The van der Waals surface area contributed by atoms with Crippen molar-refractivity contribution in [3.63, 3.8) is 0 Å². The van der Waals surface area contributed by atoms with Crippen LogP contribution < -0.4 is 11.5 Å². The number of nitrogens with two attached hydrogens (primary N) is 2. The molecule has 0 heterocycles. The van der Waals surface area contributed by atoms with E-state index >= 15 is 0 Å². The molecule has 0 amide bonds. The maximum Gasteiger partial charge on any atom is 0.0331 e. The van der Waals surface area contributed by atoms with Crippen LogP contribution in [0.25, 0.3) is 0 Å².